The normalized spacial score (nSPS) is 8.94. The quantitative estimate of drug-likeness (QED) is 0.132. The maximum absolute atomic E-state index is 11.4. The topological polar surface area (TPSA) is 205 Å². The molecule has 0 atom stereocenters. The van der Waals surface area contributed by atoms with Gasteiger partial charge < -0.3 is 0 Å². The molecule has 0 spiro atoms. The summed E-state index contributed by atoms with van der Waals surface area (Å²) in [4.78, 5) is 119. The molecule has 94 heavy (non-hydrogen) atoms. The standard InChI is InChI=1S/4C5H5F3O.4C5H8O.4C4H5FO.10CH4/c2*1-4(9)2-3-5(6,7)8;2*1-3(4(2)9)5(6,7)8;2*1-4(2)5(3)6;2*1-3-4-5(2)6;2*1-4(6)2-3-5;2*1-3(5)4(2)6;;;;;;;;;;/h2*2-3H,1H3;2*1H2,2H3;2*1H2,2-3H3;2*3-4H,1-2H3;2*2-3H,1H3;2*1H2,2H3;10*1H4/b2*3-2+;;;;;2*4-3+;2*3-2+;;;;;;;;;;;;. The van der Waals surface area contributed by atoms with Crippen molar-refractivity contribution in [2.45, 2.75) is 210 Å². The van der Waals surface area contributed by atoms with E-state index in [4.69, 9.17) is 0 Å². The molecule has 0 amide bonds. The van der Waals surface area contributed by atoms with Crippen LogP contribution >= 0.6 is 0 Å². The number of hydrogen-bond donors (Lipinski definition) is 0. The zero-order chi connectivity index (χ0) is 70.9. The molecule has 12 nitrogen and oxygen atoms in total. The minimum Gasteiger partial charge on any atom is -0.295 e. The fourth-order valence-electron chi connectivity index (χ4n) is 1.47. The van der Waals surface area contributed by atoms with Gasteiger partial charge in [-0.1, -0.05) is 126 Å². The fourth-order valence-corrected chi connectivity index (χ4v) is 1.47. The monoisotopic (exact) mass is 1400 g/mol. The average Bonchev–Trinajstić information content (AvgIpc) is 3.28. The van der Waals surface area contributed by atoms with E-state index < -0.39 is 82.2 Å². The highest BCUT2D eigenvalue weighted by Crippen LogP contribution is 2.25. The Morgan fingerprint density at radius 2 is 0.415 bits per heavy atom. The Bertz CT molecular complexity index is 2050. The largest absolute Gasteiger partial charge is 0.419 e. The van der Waals surface area contributed by atoms with Crippen molar-refractivity contribution >= 4 is 69.4 Å². The van der Waals surface area contributed by atoms with Crippen LogP contribution in [0, 0.1) is 0 Å². The Morgan fingerprint density at radius 1 is 0.277 bits per heavy atom. The molecule has 0 rings (SSSR count). The number of ketones is 12. The Hall–Kier alpha value is -8.20. The molecule has 560 valence electrons. The van der Waals surface area contributed by atoms with Crippen molar-refractivity contribution in [1.82, 2.24) is 0 Å². The summed E-state index contributed by atoms with van der Waals surface area (Å²) in [5.41, 5.74) is -1.37. The molecule has 0 N–H and O–H groups in total. The molecule has 0 aromatic heterocycles. The van der Waals surface area contributed by atoms with Crippen LogP contribution in [0.25, 0.3) is 0 Å². The number of carbonyl (C=O) groups excluding carboxylic acids is 12. The minimum absolute atomic E-state index is 0. The molecular formula is C66H112F16O12. The Morgan fingerprint density at radius 3 is 0.426 bits per heavy atom. The highest BCUT2D eigenvalue weighted by molar-refractivity contribution is 5.95. The molecule has 0 saturated carbocycles. The van der Waals surface area contributed by atoms with Gasteiger partial charge in [-0.2, -0.15) is 52.7 Å². The van der Waals surface area contributed by atoms with Gasteiger partial charge in [-0.25, -0.2) is 17.6 Å². The van der Waals surface area contributed by atoms with Crippen molar-refractivity contribution in [3.05, 3.63) is 147 Å². The van der Waals surface area contributed by atoms with Gasteiger partial charge in [-0.3, -0.25) is 57.5 Å². The Balaban J connectivity index is -0.0000000299. The third-order valence-corrected chi connectivity index (χ3v) is 5.91. The molecular weight excluding hydrogens is 1290 g/mol. The van der Waals surface area contributed by atoms with Gasteiger partial charge in [0, 0.05) is 38.2 Å². The third-order valence-electron chi connectivity index (χ3n) is 5.91. The molecule has 0 unspecified atom stereocenters. The molecule has 28 heteroatoms. The van der Waals surface area contributed by atoms with E-state index in [0.29, 0.717) is 23.3 Å². The molecule has 0 bridgehead atoms. The van der Waals surface area contributed by atoms with Gasteiger partial charge >= 0.3 is 24.7 Å². The summed E-state index contributed by atoms with van der Waals surface area (Å²) < 4.78 is 180. The predicted octanol–water partition coefficient (Wildman–Crippen LogP) is 22.0. The van der Waals surface area contributed by atoms with Gasteiger partial charge in [0.25, 0.3) is 0 Å². The molecule has 0 heterocycles. The van der Waals surface area contributed by atoms with Crippen molar-refractivity contribution < 1.29 is 128 Å². The molecule has 0 aliphatic heterocycles. The van der Waals surface area contributed by atoms with Gasteiger partial charge in [0.15, 0.2) is 81.1 Å². The lowest BCUT2D eigenvalue weighted by Gasteiger charge is -2.04. The van der Waals surface area contributed by atoms with E-state index in [1.54, 1.807) is 26.0 Å². The van der Waals surface area contributed by atoms with Crippen molar-refractivity contribution in [2.24, 2.45) is 0 Å². The molecule has 0 radical (unpaired) electrons. The average molecular weight is 1400 g/mol. The van der Waals surface area contributed by atoms with Gasteiger partial charge in [-0.05, 0) is 132 Å². The Labute approximate surface area is 552 Å². The van der Waals surface area contributed by atoms with Crippen molar-refractivity contribution in [3.63, 3.8) is 0 Å². The SMILES string of the molecule is C.C.C.C.C.C.C.C.C.C.C/C=C/C(C)=O.C/C=C/C(C)=O.C=C(C(C)=O)C(F)(F)F.C=C(C(C)=O)C(F)(F)F.C=C(C)C(C)=O.C=C(C)C(C)=O.C=C(F)C(C)=O.C=C(F)C(C)=O.CC(=O)/C=C/C(F)(F)F.CC(=O)/C=C/C(F)(F)F.CC(=O)/C=C/F.CC(=O)/C=C/F. The van der Waals surface area contributed by atoms with Crippen LogP contribution in [0.2, 0.25) is 0 Å². The number of carbonyl (C=O) groups is 12. The van der Waals surface area contributed by atoms with Crippen LogP contribution in [0.1, 0.15) is 185 Å². The van der Waals surface area contributed by atoms with Crippen LogP contribution in [0.15, 0.2) is 147 Å². The van der Waals surface area contributed by atoms with Crippen LogP contribution in [-0.2, 0) is 57.5 Å². The van der Waals surface area contributed by atoms with E-state index in [1.807, 2.05) is 13.8 Å². The molecule has 0 saturated heterocycles. The second-order valence-electron chi connectivity index (χ2n) is 14.7. The minimum atomic E-state index is -4.56. The lowest BCUT2D eigenvalue weighted by atomic mass is 10.2. The smallest absolute Gasteiger partial charge is 0.295 e. The Kier molecular flexibility index (Phi) is 144. The number of allylic oxidation sites excluding steroid dienone is 16. The number of halogens is 16. The maximum Gasteiger partial charge on any atom is 0.419 e. The molecule has 0 aromatic rings. The number of alkyl halides is 12. The summed E-state index contributed by atoms with van der Waals surface area (Å²) in [5.74, 6) is -6.44. The summed E-state index contributed by atoms with van der Waals surface area (Å²) >= 11 is 0. The molecule has 0 fully saturated rings. The third kappa shape index (κ3) is 214. The van der Waals surface area contributed by atoms with E-state index in [9.17, 15) is 128 Å². The zero-order valence-corrected chi connectivity index (χ0v) is 49.1. The zero-order valence-electron chi connectivity index (χ0n) is 49.1. The van der Waals surface area contributed by atoms with Gasteiger partial charge in [-0.15, -0.1) is 0 Å². The summed E-state index contributed by atoms with van der Waals surface area (Å²) in [6.07, 6.45) is -8.39. The van der Waals surface area contributed by atoms with Crippen LogP contribution in [-0.4, -0.2) is 94.1 Å². The first kappa shape index (κ1) is 152. The predicted molar refractivity (Wildman–Crippen MR) is 357 cm³/mol. The van der Waals surface area contributed by atoms with Crippen LogP contribution in [0.5, 0.6) is 0 Å². The second-order valence-corrected chi connectivity index (χ2v) is 14.7. The van der Waals surface area contributed by atoms with Crippen molar-refractivity contribution in [2.75, 3.05) is 0 Å². The van der Waals surface area contributed by atoms with Crippen LogP contribution in [0.3, 0.4) is 0 Å². The molecule has 0 aromatic carbocycles. The van der Waals surface area contributed by atoms with Crippen LogP contribution < -0.4 is 0 Å². The van der Waals surface area contributed by atoms with Crippen molar-refractivity contribution in [1.29, 1.82) is 0 Å². The highest BCUT2D eigenvalue weighted by atomic mass is 19.4. The van der Waals surface area contributed by atoms with E-state index in [-0.39, 0.29) is 134 Å². The number of hydrogen-bond acceptors (Lipinski definition) is 12. The first-order valence-corrected chi connectivity index (χ1v) is 22.1. The lowest BCUT2D eigenvalue weighted by molar-refractivity contribution is -0.128. The van der Waals surface area contributed by atoms with Gasteiger partial charge in [0.2, 0.25) is 0 Å². The van der Waals surface area contributed by atoms with E-state index in [0.717, 1.165) is 53.7 Å². The van der Waals surface area contributed by atoms with Gasteiger partial charge in [0.1, 0.15) is 0 Å². The van der Waals surface area contributed by atoms with E-state index >= 15 is 0 Å². The van der Waals surface area contributed by atoms with Crippen molar-refractivity contribution in [3.8, 4) is 0 Å². The van der Waals surface area contributed by atoms with Crippen LogP contribution in [0.4, 0.5) is 70.2 Å². The first-order valence-electron chi connectivity index (χ1n) is 22.1. The summed E-state index contributed by atoms with van der Waals surface area (Å²) in [7, 11) is 0. The lowest BCUT2D eigenvalue weighted by Crippen LogP contribution is -2.16. The maximum atomic E-state index is 11.4. The summed E-state index contributed by atoms with van der Waals surface area (Å²) in [5, 5.41) is 0. The number of Topliss-reactive ketones (excluding diaryl/α,β-unsaturated/α-hetero) is 6. The highest BCUT2D eigenvalue weighted by Gasteiger charge is 2.35. The van der Waals surface area contributed by atoms with E-state index in [2.05, 4.69) is 39.5 Å². The summed E-state index contributed by atoms with van der Waals surface area (Å²) in [6.45, 7) is 39.1. The molecule has 0 aliphatic carbocycles. The van der Waals surface area contributed by atoms with E-state index in [1.165, 1.54) is 53.7 Å². The second kappa shape index (κ2) is 89.0. The number of rotatable bonds is 12. The summed E-state index contributed by atoms with van der Waals surface area (Å²) in [6, 6.07) is 0. The van der Waals surface area contributed by atoms with Gasteiger partial charge in [0.05, 0.1) is 23.8 Å². The fraction of sp³-hybridized carbons (Fsp3) is 0.455. The first-order chi connectivity index (χ1) is 37.2. The molecule has 0 aliphatic rings.